The number of carbonyl (C=O) groups is 1. The second-order valence-electron chi connectivity index (χ2n) is 5.36. The van der Waals surface area contributed by atoms with Crippen LogP contribution in [-0.2, 0) is 20.9 Å². The molecule has 0 saturated heterocycles. The van der Waals surface area contributed by atoms with E-state index in [-0.39, 0.29) is 12.4 Å². The van der Waals surface area contributed by atoms with Crippen molar-refractivity contribution in [3.05, 3.63) is 29.8 Å². The van der Waals surface area contributed by atoms with Crippen molar-refractivity contribution in [2.24, 2.45) is 0 Å². The van der Waals surface area contributed by atoms with Crippen molar-refractivity contribution in [3.8, 4) is 5.75 Å². The standard InChI is InChI=1S/C16H22O5/c1-19-13-7-5-12(6-8-13)11-21-16(10-15(18)20-2)9-3-4-14(16)17/h5-8,14,17H,3-4,9-11H2,1-2H3/t14-,16-/m0/s1. The maximum atomic E-state index is 11.6. The predicted molar refractivity (Wildman–Crippen MR) is 77.0 cm³/mol. The maximum Gasteiger partial charge on any atom is 0.308 e. The monoisotopic (exact) mass is 294 g/mol. The van der Waals surface area contributed by atoms with Gasteiger partial charge < -0.3 is 19.3 Å². The van der Waals surface area contributed by atoms with Gasteiger partial charge in [0.15, 0.2) is 0 Å². The minimum absolute atomic E-state index is 0.0841. The van der Waals surface area contributed by atoms with Crippen molar-refractivity contribution in [3.63, 3.8) is 0 Å². The van der Waals surface area contributed by atoms with Crippen LogP contribution in [0.1, 0.15) is 31.2 Å². The number of carbonyl (C=O) groups excluding carboxylic acids is 1. The molecular weight excluding hydrogens is 272 g/mol. The second kappa shape index (κ2) is 6.91. The van der Waals surface area contributed by atoms with Crippen molar-refractivity contribution < 1.29 is 24.1 Å². The van der Waals surface area contributed by atoms with E-state index in [0.717, 1.165) is 17.7 Å². The molecular formula is C16H22O5. The molecule has 0 aliphatic heterocycles. The molecule has 0 aromatic heterocycles. The number of aliphatic hydroxyl groups excluding tert-OH is 1. The molecule has 1 aromatic rings. The van der Waals surface area contributed by atoms with Gasteiger partial charge in [-0.15, -0.1) is 0 Å². The molecule has 1 aliphatic rings. The van der Waals surface area contributed by atoms with E-state index in [1.54, 1.807) is 7.11 Å². The lowest BCUT2D eigenvalue weighted by molar-refractivity contribution is -0.160. The van der Waals surface area contributed by atoms with E-state index >= 15 is 0 Å². The van der Waals surface area contributed by atoms with Gasteiger partial charge >= 0.3 is 5.97 Å². The fourth-order valence-electron chi connectivity index (χ4n) is 2.72. The third-order valence-electron chi connectivity index (χ3n) is 4.04. The normalized spacial score (nSPS) is 24.8. The third-order valence-corrected chi connectivity index (χ3v) is 4.04. The number of hydrogen-bond donors (Lipinski definition) is 1. The van der Waals surface area contributed by atoms with Crippen LogP contribution in [0, 0.1) is 0 Å². The Balaban J connectivity index is 2.03. The topological polar surface area (TPSA) is 65.0 Å². The molecule has 1 saturated carbocycles. The molecule has 0 spiro atoms. The van der Waals surface area contributed by atoms with Crippen LogP contribution in [-0.4, -0.2) is 37.0 Å². The van der Waals surface area contributed by atoms with E-state index in [4.69, 9.17) is 14.2 Å². The molecule has 5 nitrogen and oxygen atoms in total. The summed E-state index contributed by atoms with van der Waals surface area (Å²) in [5.74, 6) is 0.426. The van der Waals surface area contributed by atoms with Crippen LogP contribution in [0.4, 0.5) is 0 Å². The number of esters is 1. The molecule has 2 atom stereocenters. The van der Waals surface area contributed by atoms with E-state index in [2.05, 4.69) is 0 Å². The van der Waals surface area contributed by atoms with Gasteiger partial charge in [0.25, 0.3) is 0 Å². The average Bonchev–Trinajstić information content (AvgIpc) is 2.86. The molecule has 1 aliphatic carbocycles. The molecule has 1 fully saturated rings. The SMILES string of the molecule is COC(=O)C[C@@]1(OCc2ccc(OC)cc2)CCC[C@@H]1O. The van der Waals surface area contributed by atoms with Crippen molar-refractivity contribution in [1.29, 1.82) is 0 Å². The molecule has 0 bridgehead atoms. The Morgan fingerprint density at radius 3 is 2.57 bits per heavy atom. The second-order valence-corrected chi connectivity index (χ2v) is 5.36. The van der Waals surface area contributed by atoms with Gasteiger partial charge in [0.05, 0.1) is 33.4 Å². The van der Waals surface area contributed by atoms with E-state index < -0.39 is 11.7 Å². The third kappa shape index (κ3) is 3.74. The molecule has 1 N–H and O–H groups in total. The average molecular weight is 294 g/mol. The van der Waals surface area contributed by atoms with Crippen LogP contribution in [0.15, 0.2) is 24.3 Å². The van der Waals surface area contributed by atoms with Gasteiger partial charge in [-0.25, -0.2) is 0 Å². The summed E-state index contributed by atoms with van der Waals surface area (Å²) in [6.07, 6.45) is 1.62. The first-order valence-corrected chi connectivity index (χ1v) is 7.11. The quantitative estimate of drug-likeness (QED) is 0.814. The summed E-state index contributed by atoms with van der Waals surface area (Å²) >= 11 is 0. The Morgan fingerprint density at radius 2 is 2.05 bits per heavy atom. The summed E-state index contributed by atoms with van der Waals surface area (Å²) in [4.78, 5) is 11.6. The van der Waals surface area contributed by atoms with E-state index in [0.29, 0.717) is 19.4 Å². The van der Waals surface area contributed by atoms with Gasteiger partial charge in [-0.1, -0.05) is 12.1 Å². The van der Waals surface area contributed by atoms with Gasteiger partial charge in [-0.3, -0.25) is 4.79 Å². The first-order valence-electron chi connectivity index (χ1n) is 7.11. The lowest BCUT2D eigenvalue weighted by Crippen LogP contribution is -2.42. The molecule has 0 unspecified atom stereocenters. The van der Waals surface area contributed by atoms with E-state index in [1.807, 2.05) is 24.3 Å². The zero-order valence-electron chi connectivity index (χ0n) is 12.5. The van der Waals surface area contributed by atoms with Crippen LogP contribution in [0.25, 0.3) is 0 Å². The van der Waals surface area contributed by atoms with Crippen LogP contribution in [0.2, 0.25) is 0 Å². The summed E-state index contributed by atoms with van der Waals surface area (Å²) in [6, 6.07) is 7.53. The van der Waals surface area contributed by atoms with Crippen molar-refractivity contribution in [2.45, 2.75) is 44.0 Å². The molecule has 116 valence electrons. The summed E-state index contributed by atoms with van der Waals surface area (Å²) < 4.78 is 15.8. The van der Waals surface area contributed by atoms with Gasteiger partial charge in [0, 0.05) is 0 Å². The summed E-state index contributed by atoms with van der Waals surface area (Å²) in [5.41, 5.74) is 0.145. The van der Waals surface area contributed by atoms with Gasteiger partial charge in [0.1, 0.15) is 11.4 Å². The summed E-state index contributed by atoms with van der Waals surface area (Å²) in [6.45, 7) is 0.345. The first kappa shape index (κ1) is 15.8. The Bertz CT molecular complexity index is 470. The van der Waals surface area contributed by atoms with Crippen LogP contribution >= 0.6 is 0 Å². The number of benzene rings is 1. The molecule has 5 heteroatoms. The number of ether oxygens (including phenoxy) is 3. The summed E-state index contributed by atoms with van der Waals surface area (Å²) in [5, 5.41) is 10.2. The molecule has 21 heavy (non-hydrogen) atoms. The lowest BCUT2D eigenvalue weighted by Gasteiger charge is -2.32. The van der Waals surface area contributed by atoms with Gasteiger partial charge in [-0.2, -0.15) is 0 Å². The van der Waals surface area contributed by atoms with Crippen LogP contribution < -0.4 is 4.74 Å². The largest absolute Gasteiger partial charge is 0.497 e. The minimum Gasteiger partial charge on any atom is -0.497 e. The maximum absolute atomic E-state index is 11.6. The fourth-order valence-corrected chi connectivity index (χ4v) is 2.72. The number of methoxy groups -OCH3 is 2. The highest BCUT2D eigenvalue weighted by Crippen LogP contribution is 2.37. The number of rotatable bonds is 6. The Labute approximate surface area is 124 Å². The molecule has 0 amide bonds. The van der Waals surface area contributed by atoms with Crippen molar-refractivity contribution in [2.75, 3.05) is 14.2 Å². The number of aliphatic hydroxyl groups is 1. The summed E-state index contributed by atoms with van der Waals surface area (Å²) in [7, 11) is 2.96. The van der Waals surface area contributed by atoms with Crippen LogP contribution in [0.5, 0.6) is 5.75 Å². The van der Waals surface area contributed by atoms with E-state index in [9.17, 15) is 9.90 Å². The highest BCUT2D eigenvalue weighted by atomic mass is 16.5. The zero-order chi connectivity index (χ0) is 15.3. The minimum atomic E-state index is -0.826. The fraction of sp³-hybridized carbons (Fsp3) is 0.562. The van der Waals surface area contributed by atoms with E-state index in [1.165, 1.54) is 7.11 Å². The molecule has 0 radical (unpaired) electrons. The van der Waals surface area contributed by atoms with Crippen molar-refractivity contribution >= 4 is 5.97 Å². The molecule has 1 aromatic carbocycles. The zero-order valence-corrected chi connectivity index (χ0v) is 12.5. The molecule has 2 rings (SSSR count). The number of hydrogen-bond acceptors (Lipinski definition) is 5. The Kier molecular flexibility index (Phi) is 5.20. The Morgan fingerprint density at radius 1 is 1.33 bits per heavy atom. The van der Waals surface area contributed by atoms with Gasteiger partial charge in [0.2, 0.25) is 0 Å². The lowest BCUT2D eigenvalue weighted by atomic mass is 9.95. The highest BCUT2D eigenvalue weighted by molar-refractivity contribution is 5.70. The first-order chi connectivity index (χ1) is 10.1. The highest BCUT2D eigenvalue weighted by Gasteiger charge is 2.45. The van der Waals surface area contributed by atoms with Gasteiger partial charge in [-0.05, 0) is 37.0 Å². The predicted octanol–water partition coefficient (Wildman–Crippen LogP) is 2.06. The van der Waals surface area contributed by atoms with Crippen molar-refractivity contribution in [1.82, 2.24) is 0 Å². The van der Waals surface area contributed by atoms with Crippen LogP contribution in [0.3, 0.4) is 0 Å². The smallest absolute Gasteiger partial charge is 0.308 e. The Hall–Kier alpha value is -1.59. The molecule has 0 heterocycles.